The summed E-state index contributed by atoms with van der Waals surface area (Å²) in [5.74, 6) is 0.113. The number of alkyl halides is 1. The first-order valence-corrected chi connectivity index (χ1v) is 8.58. The normalized spacial score (nSPS) is 20.5. The molecule has 0 saturated carbocycles. The average Bonchev–Trinajstić information content (AvgIpc) is 3.03. The number of nitro benzene ring substituents is 1. The van der Waals surface area contributed by atoms with Crippen LogP contribution in [0.2, 0.25) is 0 Å². The van der Waals surface area contributed by atoms with Crippen molar-refractivity contribution in [2.24, 2.45) is 0 Å². The first kappa shape index (κ1) is 18.9. The molecule has 1 aliphatic heterocycles. The van der Waals surface area contributed by atoms with Gasteiger partial charge in [-0.2, -0.15) is 0 Å². The summed E-state index contributed by atoms with van der Waals surface area (Å²) in [6, 6.07) is 4.16. The van der Waals surface area contributed by atoms with E-state index in [9.17, 15) is 19.3 Å². The Kier molecular flexibility index (Phi) is 4.95. The molecule has 8 nitrogen and oxygen atoms in total. The summed E-state index contributed by atoms with van der Waals surface area (Å²) in [7, 11) is 0. The number of furan rings is 1. The largest absolute Gasteiger partial charge is 0.483 e. The van der Waals surface area contributed by atoms with Gasteiger partial charge in [0.1, 0.15) is 11.7 Å². The summed E-state index contributed by atoms with van der Waals surface area (Å²) >= 11 is 0. The second kappa shape index (κ2) is 7.05. The van der Waals surface area contributed by atoms with Crippen molar-refractivity contribution in [3.8, 4) is 5.75 Å². The Morgan fingerprint density at radius 3 is 2.78 bits per heavy atom. The molecule has 3 rings (SSSR count). The van der Waals surface area contributed by atoms with Crippen LogP contribution in [-0.2, 0) is 4.74 Å². The van der Waals surface area contributed by atoms with Crippen LogP contribution in [0.25, 0.3) is 11.0 Å². The molecule has 0 spiro atoms. The zero-order valence-corrected chi connectivity index (χ0v) is 15.3. The third kappa shape index (κ3) is 4.29. The fourth-order valence-corrected chi connectivity index (χ4v) is 2.90. The summed E-state index contributed by atoms with van der Waals surface area (Å²) in [4.78, 5) is 23.9. The molecule has 2 unspecified atom stereocenters. The van der Waals surface area contributed by atoms with Crippen molar-refractivity contribution < 1.29 is 28.0 Å². The number of benzene rings is 1. The number of non-ortho nitro benzene ring substituents is 1. The van der Waals surface area contributed by atoms with Crippen molar-refractivity contribution in [3.05, 3.63) is 34.6 Å². The lowest BCUT2D eigenvalue weighted by Crippen LogP contribution is -2.50. The number of rotatable bonds is 3. The third-order valence-corrected chi connectivity index (χ3v) is 4.12. The second-order valence-electron chi connectivity index (χ2n) is 7.43. The molecular weight excluding hydrogens is 359 g/mol. The van der Waals surface area contributed by atoms with Crippen LogP contribution in [0.15, 0.2) is 28.9 Å². The molecule has 0 bridgehead atoms. The molecule has 1 aromatic carbocycles. The van der Waals surface area contributed by atoms with E-state index in [2.05, 4.69) is 0 Å². The smallest absolute Gasteiger partial charge is 0.410 e. The van der Waals surface area contributed by atoms with Gasteiger partial charge < -0.3 is 18.8 Å². The predicted octanol–water partition coefficient (Wildman–Crippen LogP) is 4.07. The van der Waals surface area contributed by atoms with Crippen LogP contribution in [-0.4, -0.2) is 46.9 Å². The molecule has 0 radical (unpaired) electrons. The molecule has 1 aliphatic rings. The lowest BCUT2D eigenvalue weighted by atomic mass is 10.1. The molecule has 2 atom stereocenters. The van der Waals surface area contributed by atoms with E-state index >= 15 is 0 Å². The number of hydrogen-bond donors (Lipinski definition) is 0. The molecule has 2 heterocycles. The summed E-state index contributed by atoms with van der Waals surface area (Å²) in [6.45, 7) is 5.31. The molecule has 146 valence electrons. The number of hydrogen-bond acceptors (Lipinski definition) is 6. The first-order chi connectivity index (χ1) is 12.6. The molecule has 2 aromatic rings. The average molecular weight is 380 g/mol. The van der Waals surface area contributed by atoms with Crippen molar-refractivity contribution in [3.63, 3.8) is 0 Å². The zero-order valence-electron chi connectivity index (χ0n) is 15.3. The summed E-state index contributed by atoms with van der Waals surface area (Å²) in [5, 5.41) is 11.6. The van der Waals surface area contributed by atoms with Gasteiger partial charge in [0, 0.05) is 24.4 Å². The Bertz CT molecular complexity index is 859. The van der Waals surface area contributed by atoms with Gasteiger partial charge in [0.2, 0.25) is 0 Å². The fourth-order valence-electron chi connectivity index (χ4n) is 2.90. The Morgan fingerprint density at radius 2 is 2.15 bits per heavy atom. The molecule has 0 N–H and O–H groups in total. The van der Waals surface area contributed by atoms with Crippen molar-refractivity contribution >= 4 is 22.7 Å². The lowest BCUT2D eigenvalue weighted by molar-refractivity contribution is -0.384. The van der Waals surface area contributed by atoms with Gasteiger partial charge >= 0.3 is 6.09 Å². The lowest BCUT2D eigenvalue weighted by Gasteiger charge is -2.35. The van der Waals surface area contributed by atoms with Crippen LogP contribution < -0.4 is 4.74 Å². The van der Waals surface area contributed by atoms with E-state index in [-0.39, 0.29) is 30.9 Å². The first-order valence-electron chi connectivity index (χ1n) is 8.58. The number of carbonyl (C=O) groups is 1. The molecule has 9 heteroatoms. The number of halogens is 1. The Morgan fingerprint density at radius 1 is 1.41 bits per heavy atom. The summed E-state index contributed by atoms with van der Waals surface area (Å²) in [5.41, 5.74) is -0.507. The van der Waals surface area contributed by atoms with E-state index in [4.69, 9.17) is 13.9 Å². The van der Waals surface area contributed by atoms with Crippen molar-refractivity contribution in [2.45, 2.75) is 45.1 Å². The molecular formula is C18H21FN2O6. The van der Waals surface area contributed by atoms with Gasteiger partial charge in [0.05, 0.1) is 23.8 Å². The minimum atomic E-state index is -1.46. The number of carbonyl (C=O) groups excluding carboxylic acids is 1. The molecule has 1 saturated heterocycles. The third-order valence-electron chi connectivity index (χ3n) is 4.12. The Balaban J connectivity index is 1.73. The van der Waals surface area contributed by atoms with Gasteiger partial charge in [-0.1, -0.05) is 0 Å². The van der Waals surface area contributed by atoms with Gasteiger partial charge in [-0.3, -0.25) is 10.1 Å². The predicted molar refractivity (Wildman–Crippen MR) is 94.6 cm³/mol. The standard InChI is InChI=1S/C18H21FN2O6/c1-18(2,3)27-17(22)20-6-4-14(13(19)10-20)26-15-9-12(21(23)24)8-11-5-7-25-16(11)15/h5,7-9,13-14H,4,6,10H2,1-3H3. The summed E-state index contributed by atoms with van der Waals surface area (Å²) < 4.78 is 30.9. The van der Waals surface area contributed by atoms with Crippen molar-refractivity contribution in [1.29, 1.82) is 0 Å². The van der Waals surface area contributed by atoms with Crippen LogP contribution >= 0.6 is 0 Å². The molecule has 1 fully saturated rings. The number of nitro groups is 1. The van der Waals surface area contributed by atoms with E-state index in [1.807, 2.05) is 0 Å². The van der Waals surface area contributed by atoms with Crippen molar-refractivity contribution in [2.75, 3.05) is 13.1 Å². The monoisotopic (exact) mass is 380 g/mol. The minimum absolute atomic E-state index is 0.113. The van der Waals surface area contributed by atoms with E-state index in [1.54, 1.807) is 26.8 Å². The number of likely N-dealkylation sites (tertiary alicyclic amines) is 1. The van der Waals surface area contributed by atoms with Gasteiger partial charge in [0.15, 0.2) is 17.5 Å². The molecule has 27 heavy (non-hydrogen) atoms. The van der Waals surface area contributed by atoms with Gasteiger partial charge in [-0.05, 0) is 26.8 Å². The van der Waals surface area contributed by atoms with Crippen LogP contribution in [0, 0.1) is 10.1 Å². The van der Waals surface area contributed by atoms with Gasteiger partial charge in [0.25, 0.3) is 5.69 Å². The zero-order chi connectivity index (χ0) is 19.8. The Labute approximate surface area is 155 Å². The quantitative estimate of drug-likeness (QED) is 0.588. The highest BCUT2D eigenvalue weighted by atomic mass is 19.1. The number of ether oxygens (including phenoxy) is 2. The highest BCUT2D eigenvalue weighted by Gasteiger charge is 2.35. The summed E-state index contributed by atoms with van der Waals surface area (Å²) in [6.07, 6.45) is -1.27. The fraction of sp³-hybridized carbons (Fsp3) is 0.500. The second-order valence-corrected chi connectivity index (χ2v) is 7.43. The van der Waals surface area contributed by atoms with Crippen LogP contribution in [0.1, 0.15) is 27.2 Å². The SMILES string of the molecule is CC(C)(C)OC(=O)N1CCC(Oc2cc([N+](=O)[O-])cc3ccoc23)C(F)C1. The number of fused-ring (bicyclic) bond motifs is 1. The molecule has 0 aliphatic carbocycles. The number of nitrogens with zero attached hydrogens (tertiary/aromatic N) is 2. The maximum Gasteiger partial charge on any atom is 0.410 e. The highest BCUT2D eigenvalue weighted by molar-refractivity contribution is 5.85. The van der Waals surface area contributed by atoms with Crippen LogP contribution in [0.5, 0.6) is 5.75 Å². The van der Waals surface area contributed by atoms with E-state index in [1.165, 1.54) is 23.3 Å². The highest BCUT2D eigenvalue weighted by Crippen LogP contribution is 2.34. The maximum atomic E-state index is 14.6. The van der Waals surface area contributed by atoms with Crippen LogP contribution in [0.4, 0.5) is 14.9 Å². The number of piperidine rings is 1. The van der Waals surface area contributed by atoms with E-state index in [0.29, 0.717) is 11.0 Å². The van der Waals surface area contributed by atoms with Crippen LogP contribution in [0.3, 0.4) is 0 Å². The number of amides is 1. The van der Waals surface area contributed by atoms with Crippen molar-refractivity contribution in [1.82, 2.24) is 4.90 Å². The Hall–Kier alpha value is -2.84. The molecule has 1 aromatic heterocycles. The molecule has 1 amide bonds. The van der Waals surface area contributed by atoms with E-state index < -0.39 is 28.9 Å². The van der Waals surface area contributed by atoms with E-state index in [0.717, 1.165) is 0 Å². The minimum Gasteiger partial charge on any atom is -0.483 e. The van der Waals surface area contributed by atoms with Gasteiger partial charge in [-0.25, -0.2) is 9.18 Å². The maximum absolute atomic E-state index is 14.6. The van der Waals surface area contributed by atoms with Gasteiger partial charge in [-0.15, -0.1) is 0 Å². The topological polar surface area (TPSA) is 95.0 Å².